The van der Waals surface area contributed by atoms with Crippen LogP contribution in [0.1, 0.15) is 12.8 Å². The first-order valence-corrected chi connectivity index (χ1v) is 5.41. The van der Waals surface area contributed by atoms with Crippen LogP contribution < -0.4 is 5.14 Å². The summed E-state index contributed by atoms with van der Waals surface area (Å²) in [6.07, 6.45) is 1.36. The SMILES string of the molecule is NS(=O)(=O)OCCN1CCCC1=O. The molecule has 1 fully saturated rings. The Kier molecular flexibility index (Phi) is 3.23. The van der Waals surface area contributed by atoms with E-state index in [1.807, 2.05) is 0 Å². The van der Waals surface area contributed by atoms with E-state index in [1.54, 1.807) is 4.90 Å². The third-order valence-corrected chi connectivity index (χ3v) is 2.28. The zero-order valence-corrected chi connectivity index (χ0v) is 7.92. The number of likely N-dealkylation sites (tertiary alicyclic amines) is 1. The molecule has 0 atom stereocenters. The van der Waals surface area contributed by atoms with Gasteiger partial charge in [0, 0.05) is 19.5 Å². The van der Waals surface area contributed by atoms with Crippen LogP contribution in [-0.4, -0.2) is 38.9 Å². The van der Waals surface area contributed by atoms with Crippen molar-refractivity contribution in [2.45, 2.75) is 12.8 Å². The molecule has 1 aliphatic rings. The highest BCUT2D eigenvalue weighted by Gasteiger charge is 2.19. The molecule has 1 heterocycles. The molecule has 0 aromatic heterocycles. The van der Waals surface area contributed by atoms with Crippen molar-refractivity contribution in [2.24, 2.45) is 5.14 Å². The second-order valence-corrected chi connectivity index (χ2v) is 4.02. The quantitative estimate of drug-likeness (QED) is 0.630. The van der Waals surface area contributed by atoms with E-state index in [-0.39, 0.29) is 19.1 Å². The van der Waals surface area contributed by atoms with Crippen LogP contribution in [0.4, 0.5) is 0 Å². The van der Waals surface area contributed by atoms with Crippen molar-refractivity contribution in [3.63, 3.8) is 0 Å². The van der Waals surface area contributed by atoms with Crippen molar-refractivity contribution in [1.29, 1.82) is 0 Å². The van der Waals surface area contributed by atoms with Crippen LogP contribution in [-0.2, 0) is 19.3 Å². The van der Waals surface area contributed by atoms with Crippen LogP contribution in [0.15, 0.2) is 0 Å². The van der Waals surface area contributed by atoms with Crippen molar-refractivity contribution < 1.29 is 17.4 Å². The van der Waals surface area contributed by atoms with Gasteiger partial charge in [-0.1, -0.05) is 0 Å². The summed E-state index contributed by atoms with van der Waals surface area (Å²) in [6.45, 7) is 0.895. The Balaban J connectivity index is 2.23. The van der Waals surface area contributed by atoms with E-state index in [2.05, 4.69) is 9.32 Å². The Morgan fingerprint density at radius 1 is 1.54 bits per heavy atom. The summed E-state index contributed by atoms with van der Waals surface area (Å²) >= 11 is 0. The number of rotatable bonds is 4. The number of nitrogens with zero attached hydrogens (tertiary/aromatic N) is 1. The molecule has 6 nitrogen and oxygen atoms in total. The van der Waals surface area contributed by atoms with Crippen LogP contribution in [0.3, 0.4) is 0 Å². The molecule has 1 saturated heterocycles. The summed E-state index contributed by atoms with van der Waals surface area (Å²) in [5, 5.41) is 4.60. The lowest BCUT2D eigenvalue weighted by Crippen LogP contribution is -2.30. The van der Waals surface area contributed by atoms with Crippen LogP contribution in [0.2, 0.25) is 0 Å². The Labute approximate surface area is 76.9 Å². The summed E-state index contributed by atoms with van der Waals surface area (Å²) in [4.78, 5) is 12.6. The topological polar surface area (TPSA) is 89.7 Å². The van der Waals surface area contributed by atoms with Crippen molar-refractivity contribution in [3.8, 4) is 0 Å². The van der Waals surface area contributed by atoms with Gasteiger partial charge in [-0.25, -0.2) is 5.14 Å². The van der Waals surface area contributed by atoms with Gasteiger partial charge < -0.3 is 4.90 Å². The fraction of sp³-hybridized carbons (Fsp3) is 0.833. The zero-order valence-electron chi connectivity index (χ0n) is 7.10. The van der Waals surface area contributed by atoms with Gasteiger partial charge >= 0.3 is 10.3 Å². The molecular weight excluding hydrogens is 196 g/mol. The summed E-state index contributed by atoms with van der Waals surface area (Å²) in [6, 6.07) is 0. The number of amides is 1. The van der Waals surface area contributed by atoms with E-state index in [1.165, 1.54) is 0 Å². The number of carbonyl (C=O) groups excluding carboxylic acids is 1. The Morgan fingerprint density at radius 3 is 2.69 bits per heavy atom. The highest BCUT2D eigenvalue weighted by atomic mass is 32.2. The highest BCUT2D eigenvalue weighted by Crippen LogP contribution is 2.08. The minimum atomic E-state index is -3.87. The Bertz CT molecular complexity index is 287. The lowest BCUT2D eigenvalue weighted by atomic mass is 10.4. The smallest absolute Gasteiger partial charge is 0.333 e. The molecule has 1 rings (SSSR count). The molecule has 0 saturated carbocycles. The maximum Gasteiger partial charge on any atom is 0.333 e. The average Bonchev–Trinajstić information content (AvgIpc) is 2.34. The molecule has 76 valence electrons. The van der Waals surface area contributed by atoms with E-state index in [0.29, 0.717) is 13.0 Å². The predicted octanol–water partition coefficient (Wildman–Crippen LogP) is -1.17. The van der Waals surface area contributed by atoms with E-state index in [4.69, 9.17) is 0 Å². The van der Waals surface area contributed by atoms with Gasteiger partial charge in [0.15, 0.2) is 0 Å². The Hall–Kier alpha value is -0.660. The first kappa shape index (κ1) is 10.4. The first-order chi connectivity index (χ1) is 5.99. The fourth-order valence-corrected chi connectivity index (χ4v) is 1.51. The zero-order chi connectivity index (χ0) is 9.90. The molecule has 0 radical (unpaired) electrons. The van der Waals surface area contributed by atoms with Gasteiger partial charge in [-0.3, -0.25) is 8.98 Å². The summed E-state index contributed by atoms with van der Waals surface area (Å²) in [5.41, 5.74) is 0. The molecule has 13 heavy (non-hydrogen) atoms. The number of hydrogen-bond acceptors (Lipinski definition) is 4. The number of hydrogen-bond donors (Lipinski definition) is 1. The minimum absolute atomic E-state index is 0.0398. The van der Waals surface area contributed by atoms with Gasteiger partial charge in [-0.15, -0.1) is 0 Å². The predicted molar refractivity (Wildman–Crippen MR) is 44.9 cm³/mol. The summed E-state index contributed by atoms with van der Waals surface area (Å²) in [7, 11) is -3.87. The lowest BCUT2D eigenvalue weighted by Gasteiger charge is -2.13. The van der Waals surface area contributed by atoms with Crippen LogP contribution in [0, 0.1) is 0 Å². The average molecular weight is 208 g/mol. The molecule has 0 unspecified atom stereocenters. The van der Waals surface area contributed by atoms with Gasteiger partial charge in [-0.2, -0.15) is 8.42 Å². The Morgan fingerprint density at radius 2 is 2.23 bits per heavy atom. The maximum absolute atomic E-state index is 11.0. The van der Waals surface area contributed by atoms with E-state index < -0.39 is 10.3 Å². The van der Waals surface area contributed by atoms with Crippen molar-refractivity contribution in [2.75, 3.05) is 19.7 Å². The maximum atomic E-state index is 11.0. The number of carbonyl (C=O) groups is 1. The number of nitrogens with two attached hydrogens (primary N) is 1. The standard InChI is InChI=1S/C6H12N2O4S/c7-13(10,11)12-5-4-8-3-1-2-6(8)9/h1-5H2,(H2,7,10,11). The first-order valence-electron chi connectivity index (χ1n) is 3.94. The van der Waals surface area contributed by atoms with Crippen LogP contribution in [0.25, 0.3) is 0 Å². The fourth-order valence-electron chi connectivity index (χ4n) is 1.20. The largest absolute Gasteiger partial charge is 0.340 e. The molecule has 0 spiro atoms. The molecular formula is C6H12N2O4S. The normalized spacial score (nSPS) is 18.2. The molecule has 2 N–H and O–H groups in total. The molecule has 0 aromatic rings. The van der Waals surface area contributed by atoms with Crippen molar-refractivity contribution >= 4 is 16.2 Å². The molecule has 1 aliphatic heterocycles. The third-order valence-electron chi connectivity index (χ3n) is 1.78. The highest BCUT2D eigenvalue weighted by molar-refractivity contribution is 7.84. The second kappa shape index (κ2) is 4.03. The molecule has 0 bridgehead atoms. The second-order valence-electron chi connectivity index (χ2n) is 2.80. The van der Waals surface area contributed by atoms with Gasteiger partial charge in [0.05, 0.1) is 6.61 Å². The molecule has 7 heteroatoms. The van der Waals surface area contributed by atoms with Crippen LogP contribution in [0.5, 0.6) is 0 Å². The van der Waals surface area contributed by atoms with Gasteiger partial charge in [0.1, 0.15) is 0 Å². The monoisotopic (exact) mass is 208 g/mol. The van der Waals surface area contributed by atoms with Gasteiger partial charge in [0.25, 0.3) is 0 Å². The lowest BCUT2D eigenvalue weighted by molar-refractivity contribution is -0.128. The molecule has 1 amide bonds. The summed E-state index contributed by atoms with van der Waals surface area (Å²) < 4.78 is 25.0. The molecule has 0 aromatic carbocycles. The minimum Gasteiger partial charge on any atom is -0.340 e. The molecule has 0 aliphatic carbocycles. The van der Waals surface area contributed by atoms with Gasteiger partial charge in [-0.05, 0) is 6.42 Å². The van der Waals surface area contributed by atoms with Gasteiger partial charge in [0.2, 0.25) is 5.91 Å². The van der Waals surface area contributed by atoms with E-state index in [9.17, 15) is 13.2 Å². The summed E-state index contributed by atoms with van der Waals surface area (Å²) in [5.74, 6) is 0.0398. The van der Waals surface area contributed by atoms with E-state index >= 15 is 0 Å². The van der Waals surface area contributed by atoms with Crippen molar-refractivity contribution in [1.82, 2.24) is 4.90 Å². The van der Waals surface area contributed by atoms with Crippen LogP contribution >= 0.6 is 0 Å². The van der Waals surface area contributed by atoms with Crippen molar-refractivity contribution in [3.05, 3.63) is 0 Å². The van der Waals surface area contributed by atoms with E-state index in [0.717, 1.165) is 6.42 Å². The third kappa shape index (κ3) is 3.71.